The first-order chi connectivity index (χ1) is 16.9. The molecule has 0 radical (unpaired) electrons. The van der Waals surface area contributed by atoms with Crippen LogP contribution < -0.4 is 9.64 Å². The number of anilines is 1. The summed E-state index contributed by atoms with van der Waals surface area (Å²) in [5, 5.41) is 0. The molecule has 0 fully saturated rings. The monoisotopic (exact) mass is 528 g/mol. The van der Waals surface area contributed by atoms with Gasteiger partial charge in [0.15, 0.2) is 0 Å². The molecule has 0 aromatic heterocycles. The number of carbonyl (C=O) groups excluding carboxylic acids is 2. The molecule has 0 unspecified atom stereocenters. The molecule has 0 aliphatic carbocycles. The van der Waals surface area contributed by atoms with Crippen LogP contribution in [-0.4, -0.2) is 36.5 Å². The van der Waals surface area contributed by atoms with Crippen LogP contribution in [0.15, 0.2) is 65.6 Å². The van der Waals surface area contributed by atoms with E-state index in [1.54, 1.807) is 12.1 Å². The zero-order valence-electron chi connectivity index (χ0n) is 18.8. The fraction of sp³-hybridized carbons (Fsp3) is 0.167. The van der Waals surface area contributed by atoms with Crippen LogP contribution in [0.5, 0.6) is 5.75 Å². The molecule has 3 aromatic rings. The Morgan fingerprint density at radius 3 is 2.14 bits per heavy atom. The number of carbonyl (C=O) groups is 2. The number of benzene rings is 3. The Hall–Kier alpha value is -3.67. The normalized spacial score (nSPS) is 11.2. The molecule has 3 rings (SSSR count). The van der Waals surface area contributed by atoms with Crippen molar-refractivity contribution < 1.29 is 40.7 Å². The van der Waals surface area contributed by atoms with Gasteiger partial charge in [-0.3, -0.25) is 14.6 Å². The summed E-state index contributed by atoms with van der Waals surface area (Å²) in [5.74, 6) is -4.71. The third kappa shape index (κ3) is 6.11. The minimum atomic E-state index is -4.66. The van der Waals surface area contributed by atoms with E-state index in [2.05, 4.69) is 0 Å². The summed E-state index contributed by atoms with van der Waals surface area (Å²) < 4.78 is 86.5. The highest BCUT2D eigenvalue weighted by Crippen LogP contribution is 2.38. The number of amides is 3. The van der Waals surface area contributed by atoms with Gasteiger partial charge in [-0.2, -0.15) is 13.2 Å². The number of methoxy groups -OCH3 is 1. The number of hydrogen-bond acceptors (Lipinski definition) is 4. The molecule has 190 valence electrons. The molecule has 0 saturated carbocycles. The fourth-order valence-electron chi connectivity index (χ4n) is 3.31. The molecule has 3 aromatic carbocycles. The molecule has 0 aliphatic rings. The van der Waals surface area contributed by atoms with Gasteiger partial charge in [0.05, 0.1) is 19.3 Å². The molecular weight excluding hydrogens is 510 g/mol. The summed E-state index contributed by atoms with van der Waals surface area (Å²) in [6.07, 6.45) is 0. The minimum absolute atomic E-state index is 0.263. The van der Waals surface area contributed by atoms with E-state index in [1.807, 2.05) is 0 Å². The van der Waals surface area contributed by atoms with Crippen LogP contribution in [0.2, 0.25) is 0 Å². The lowest BCUT2D eigenvalue weighted by Crippen LogP contribution is -2.45. The largest absolute Gasteiger partial charge is 0.496 e. The average molecular weight is 528 g/mol. The number of ether oxygens (including phenoxy) is 1. The van der Waals surface area contributed by atoms with Crippen molar-refractivity contribution in [1.29, 1.82) is 0 Å². The Morgan fingerprint density at radius 2 is 1.56 bits per heavy atom. The van der Waals surface area contributed by atoms with Crippen molar-refractivity contribution in [2.45, 2.75) is 16.9 Å². The van der Waals surface area contributed by atoms with Gasteiger partial charge >= 0.3 is 11.5 Å². The number of para-hydroxylation sites is 1. The Balaban J connectivity index is 2.02. The first kappa shape index (κ1) is 26.9. The summed E-state index contributed by atoms with van der Waals surface area (Å²) in [5.41, 5.74) is -5.83. The third-order valence-corrected chi connectivity index (χ3v) is 5.70. The van der Waals surface area contributed by atoms with Crippen molar-refractivity contribution in [1.82, 2.24) is 4.90 Å². The SMILES string of the molecule is COc1ccccc1CN(C(=O)c1c(F)cccc1F)C(=O)N(C)c1ccc(SC(F)(F)F)cc1F. The molecular formula is C24H18F6N2O3S. The predicted molar refractivity (Wildman–Crippen MR) is 121 cm³/mol. The van der Waals surface area contributed by atoms with Crippen molar-refractivity contribution in [3.8, 4) is 5.75 Å². The van der Waals surface area contributed by atoms with Crippen LogP contribution in [0.4, 0.5) is 36.8 Å². The summed E-state index contributed by atoms with van der Waals surface area (Å²) in [6, 6.07) is 10.2. The van der Waals surface area contributed by atoms with Crippen molar-refractivity contribution in [3.63, 3.8) is 0 Å². The lowest BCUT2D eigenvalue weighted by atomic mass is 10.1. The van der Waals surface area contributed by atoms with E-state index in [9.17, 15) is 35.9 Å². The maximum absolute atomic E-state index is 14.7. The second kappa shape index (κ2) is 10.9. The Kier molecular flexibility index (Phi) is 8.18. The second-order valence-electron chi connectivity index (χ2n) is 7.30. The number of hydrogen-bond donors (Lipinski definition) is 0. The van der Waals surface area contributed by atoms with E-state index in [4.69, 9.17) is 4.74 Å². The topological polar surface area (TPSA) is 49.9 Å². The van der Waals surface area contributed by atoms with Crippen LogP contribution in [0.25, 0.3) is 0 Å². The van der Waals surface area contributed by atoms with E-state index in [0.717, 1.165) is 37.4 Å². The molecule has 5 nitrogen and oxygen atoms in total. The van der Waals surface area contributed by atoms with Crippen LogP contribution in [0.1, 0.15) is 15.9 Å². The van der Waals surface area contributed by atoms with E-state index < -0.39 is 69.4 Å². The average Bonchev–Trinajstić information content (AvgIpc) is 2.80. The highest BCUT2D eigenvalue weighted by Gasteiger charge is 2.33. The molecule has 0 aliphatic heterocycles. The smallest absolute Gasteiger partial charge is 0.446 e. The third-order valence-electron chi connectivity index (χ3n) is 4.97. The fourth-order valence-corrected chi connectivity index (χ4v) is 3.87. The summed E-state index contributed by atoms with van der Waals surface area (Å²) >= 11 is -0.544. The van der Waals surface area contributed by atoms with Gasteiger partial charge in [-0.25, -0.2) is 18.0 Å². The maximum Gasteiger partial charge on any atom is 0.446 e. The number of urea groups is 1. The van der Waals surface area contributed by atoms with Gasteiger partial charge in [0.25, 0.3) is 5.91 Å². The van der Waals surface area contributed by atoms with Gasteiger partial charge in [-0.15, -0.1) is 0 Å². The van der Waals surface area contributed by atoms with Crippen molar-refractivity contribution in [2.24, 2.45) is 0 Å². The molecule has 12 heteroatoms. The summed E-state index contributed by atoms with van der Waals surface area (Å²) in [7, 11) is 2.41. The molecule has 0 heterocycles. The van der Waals surface area contributed by atoms with Crippen molar-refractivity contribution in [3.05, 3.63) is 89.2 Å². The van der Waals surface area contributed by atoms with Crippen molar-refractivity contribution >= 4 is 29.4 Å². The highest BCUT2D eigenvalue weighted by molar-refractivity contribution is 8.00. The summed E-state index contributed by atoms with van der Waals surface area (Å²) in [6.45, 7) is -0.510. The maximum atomic E-state index is 14.7. The zero-order valence-corrected chi connectivity index (χ0v) is 19.6. The molecule has 36 heavy (non-hydrogen) atoms. The second-order valence-corrected chi connectivity index (χ2v) is 8.44. The van der Waals surface area contributed by atoms with Crippen LogP contribution in [0, 0.1) is 17.5 Å². The van der Waals surface area contributed by atoms with Gasteiger partial charge in [0.2, 0.25) is 0 Å². The van der Waals surface area contributed by atoms with Crippen LogP contribution >= 0.6 is 11.8 Å². The Morgan fingerprint density at radius 1 is 0.917 bits per heavy atom. The number of alkyl halides is 3. The highest BCUT2D eigenvalue weighted by atomic mass is 32.2. The first-order valence-corrected chi connectivity index (χ1v) is 11.0. The Labute approximate surface area is 206 Å². The Bertz CT molecular complexity index is 1260. The number of thioether (sulfide) groups is 1. The summed E-state index contributed by atoms with van der Waals surface area (Å²) in [4.78, 5) is 27.2. The van der Waals surface area contributed by atoms with Crippen LogP contribution in [0.3, 0.4) is 0 Å². The molecule has 0 bridgehead atoms. The van der Waals surface area contributed by atoms with Gasteiger partial charge in [-0.1, -0.05) is 24.3 Å². The van der Waals surface area contributed by atoms with E-state index in [1.165, 1.54) is 19.2 Å². The van der Waals surface area contributed by atoms with E-state index in [0.29, 0.717) is 21.4 Å². The van der Waals surface area contributed by atoms with Gasteiger partial charge in [0, 0.05) is 17.5 Å². The quantitative estimate of drug-likeness (QED) is 0.267. The lowest BCUT2D eigenvalue weighted by Gasteiger charge is -2.28. The number of nitrogens with zero attached hydrogens (tertiary/aromatic N) is 2. The molecule has 0 spiro atoms. The molecule has 3 amide bonds. The molecule has 0 atom stereocenters. The van der Waals surface area contributed by atoms with Crippen LogP contribution in [-0.2, 0) is 6.54 Å². The van der Waals surface area contributed by atoms with E-state index in [-0.39, 0.29) is 5.75 Å². The number of rotatable bonds is 6. The van der Waals surface area contributed by atoms with Gasteiger partial charge < -0.3 is 4.74 Å². The minimum Gasteiger partial charge on any atom is -0.496 e. The predicted octanol–water partition coefficient (Wildman–Crippen LogP) is 6.62. The van der Waals surface area contributed by atoms with Crippen molar-refractivity contribution in [2.75, 3.05) is 19.1 Å². The van der Waals surface area contributed by atoms with Gasteiger partial charge in [0.1, 0.15) is 28.8 Å². The number of halogens is 6. The number of imide groups is 1. The zero-order chi connectivity index (χ0) is 26.6. The van der Waals surface area contributed by atoms with E-state index >= 15 is 0 Å². The van der Waals surface area contributed by atoms with Gasteiger partial charge in [-0.05, 0) is 48.2 Å². The molecule has 0 saturated heterocycles. The standard InChI is InChI=1S/C24H18F6N2O3S/c1-31(19-11-10-15(12-18(19)27)36-24(28,29)30)23(34)32(13-14-6-3-4-9-20(14)35-2)22(33)21-16(25)7-5-8-17(21)26/h3-12H,13H2,1-2H3. The molecule has 0 N–H and O–H groups in total. The first-order valence-electron chi connectivity index (χ1n) is 10.1. The lowest BCUT2D eigenvalue weighted by molar-refractivity contribution is -0.0328.